The average Bonchev–Trinajstić information content (AvgIpc) is 3.84. The normalized spacial score (nSPS) is 41.4. The first kappa shape index (κ1) is 43.5. The number of carboxylic acids is 1. The van der Waals surface area contributed by atoms with Crippen LogP contribution in [0.4, 0.5) is 0 Å². The van der Waals surface area contributed by atoms with Crippen molar-refractivity contribution < 1.29 is 14.7 Å². The molecular formula is C54H80N4O3. The molecular weight excluding hydrogens is 753 g/mol. The van der Waals surface area contributed by atoms with E-state index in [4.69, 9.17) is 0 Å². The van der Waals surface area contributed by atoms with E-state index in [1.54, 1.807) is 12.1 Å². The van der Waals surface area contributed by atoms with Crippen molar-refractivity contribution in [3.05, 3.63) is 41.5 Å². The quantitative estimate of drug-likeness (QED) is 0.269. The summed E-state index contributed by atoms with van der Waals surface area (Å²) in [5.41, 5.74) is 6.30. The van der Waals surface area contributed by atoms with Crippen LogP contribution >= 0.6 is 0 Å². The van der Waals surface area contributed by atoms with Crippen LogP contribution in [0.5, 0.6) is 0 Å². The SMILES string of the molecule is CC1=NN=C(C(C)C)C(CCCN2CCN(C(=O)[C@]34CC[C@@H](C5(C)CC5)C3[C@H]3CCC5[C@@]6(C)CC=C(c7ccc(C(=O)O)cc7)C(C)(C)C6CC[C@@]5(C)[C@]3(C)CC4)CC2)C1C. The van der Waals surface area contributed by atoms with Gasteiger partial charge in [-0.1, -0.05) is 80.5 Å². The summed E-state index contributed by atoms with van der Waals surface area (Å²) >= 11 is 0. The molecule has 334 valence electrons. The van der Waals surface area contributed by atoms with E-state index in [-0.39, 0.29) is 27.1 Å². The van der Waals surface area contributed by atoms with Gasteiger partial charge in [0.05, 0.1) is 11.0 Å². The van der Waals surface area contributed by atoms with Gasteiger partial charge in [-0.05, 0) is 183 Å². The molecule has 0 radical (unpaired) electrons. The Labute approximate surface area is 369 Å². The fourth-order valence-electron chi connectivity index (χ4n) is 17.0. The highest BCUT2D eigenvalue weighted by atomic mass is 16.4. The molecule has 5 unspecified atom stereocenters. The molecule has 0 spiro atoms. The van der Waals surface area contributed by atoms with Gasteiger partial charge in [0.15, 0.2) is 0 Å². The Balaban J connectivity index is 0.919. The molecule has 6 fully saturated rings. The predicted octanol–water partition coefficient (Wildman–Crippen LogP) is 11.9. The van der Waals surface area contributed by atoms with Crippen LogP contribution in [0.15, 0.2) is 40.5 Å². The minimum absolute atomic E-state index is 0.000607. The number of fused-ring (bicyclic) bond motifs is 7. The summed E-state index contributed by atoms with van der Waals surface area (Å²) in [6, 6.07) is 7.65. The maximum absolute atomic E-state index is 15.4. The van der Waals surface area contributed by atoms with Gasteiger partial charge in [0.1, 0.15) is 0 Å². The lowest BCUT2D eigenvalue weighted by Gasteiger charge is -2.72. The van der Waals surface area contributed by atoms with Crippen molar-refractivity contribution in [2.45, 2.75) is 153 Å². The molecule has 0 aromatic heterocycles. The fraction of sp³-hybridized carbons (Fsp3) is 0.778. The van der Waals surface area contributed by atoms with Gasteiger partial charge >= 0.3 is 5.97 Å². The summed E-state index contributed by atoms with van der Waals surface area (Å²) in [6.07, 6.45) is 18.4. The van der Waals surface area contributed by atoms with Gasteiger partial charge in [-0.25, -0.2) is 4.79 Å². The van der Waals surface area contributed by atoms with Gasteiger partial charge in [0.2, 0.25) is 5.91 Å². The number of aromatic carboxylic acids is 1. The third-order valence-electron chi connectivity index (χ3n) is 21.0. The van der Waals surface area contributed by atoms with Crippen LogP contribution in [0.1, 0.15) is 169 Å². The number of rotatable bonds is 9. The van der Waals surface area contributed by atoms with E-state index in [0.717, 1.165) is 58.4 Å². The van der Waals surface area contributed by atoms with Crippen LogP contribution in [0.2, 0.25) is 0 Å². The second-order valence-electron chi connectivity index (χ2n) is 24.2. The number of nitrogens with zero attached hydrogens (tertiary/aromatic N) is 4. The number of hydrogen-bond donors (Lipinski definition) is 1. The molecule has 5 saturated carbocycles. The zero-order valence-electron chi connectivity index (χ0n) is 39.8. The van der Waals surface area contributed by atoms with Crippen molar-refractivity contribution in [3.8, 4) is 0 Å². The number of benzene rings is 1. The third-order valence-corrected chi connectivity index (χ3v) is 21.0. The van der Waals surface area contributed by atoms with E-state index >= 15 is 4.79 Å². The lowest BCUT2D eigenvalue weighted by molar-refractivity contribution is -0.229. The summed E-state index contributed by atoms with van der Waals surface area (Å²) in [7, 11) is 0. The van der Waals surface area contributed by atoms with Gasteiger partial charge in [-0.3, -0.25) is 9.69 Å². The van der Waals surface area contributed by atoms with Crippen molar-refractivity contribution in [3.63, 3.8) is 0 Å². The molecule has 9 rings (SSSR count). The van der Waals surface area contributed by atoms with Gasteiger partial charge < -0.3 is 10.0 Å². The first-order chi connectivity index (χ1) is 28.8. The monoisotopic (exact) mass is 833 g/mol. The smallest absolute Gasteiger partial charge is 0.335 e. The maximum Gasteiger partial charge on any atom is 0.335 e. The van der Waals surface area contributed by atoms with Crippen molar-refractivity contribution in [1.82, 2.24) is 9.80 Å². The highest BCUT2D eigenvalue weighted by molar-refractivity contribution is 5.97. The number of carbonyl (C=O) groups excluding carboxylic acids is 1. The molecule has 0 bridgehead atoms. The van der Waals surface area contributed by atoms with Crippen molar-refractivity contribution in [2.24, 2.45) is 90.0 Å². The molecule has 8 aliphatic rings. The second kappa shape index (κ2) is 15.2. The first-order valence-corrected chi connectivity index (χ1v) is 25.0. The molecule has 2 aliphatic heterocycles. The minimum atomic E-state index is -0.863. The molecule has 61 heavy (non-hydrogen) atoms. The summed E-state index contributed by atoms with van der Waals surface area (Å²) in [4.78, 5) is 32.1. The number of carboxylic acid groups (broad SMARTS) is 1. The van der Waals surface area contributed by atoms with Crippen LogP contribution in [0.25, 0.3) is 5.57 Å². The molecule has 6 aliphatic carbocycles. The van der Waals surface area contributed by atoms with E-state index in [2.05, 4.69) is 95.3 Å². The second-order valence-corrected chi connectivity index (χ2v) is 24.2. The van der Waals surface area contributed by atoms with E-state index in [9.17, 15) is 9.90 Å². The highest BCUT2D eigenvalue weighted by Crippen LogP contribution is 2.79. The van der Waals surface area contributed by atoms with Crippen molar-refractivity contribution in [1.29, 1.82) is 0 Å². The van der Waals surface area contributed by atoms with Crippen LogP contribution in [0.3, 0.4) is 0 Å². The van der Waals surface area contributed by atoms with Gasteiger partial charge in [0.25, 0.3) is 0 Å². The van der Waals surface area contributed by atoms with Crippen molar-refractivity contribution >= 4 is 28.9 Å². The third kappa shape index (κ3) is 6.62. The topological polar surface area (TPSA) is 85.6 Å². The molecule has 1 saturated heterocycles. The van der Waals surface area contributed by atoms with E-state index < -0.39 is 5.97 Å². The molecule has 1 aromatic carbocycles. The van der Waals surface area contributed by atoms with E-state index in [1.807, 2.05) is 12.1 Å². The average molecular weight is 833 g/mol. The molecule has 7 heteroatoms. The fourth-order valence-corrected chi connectivity index (χ4v) is 17.0. The summed E-state index contributed by atoms with van der Waals surface area (Å²) in [5, 5.41) is 18.7. The Hall–Kier alpha value is -2.80. The summed E-state index contributed by atoms with van der Waals surface area (Å²) < 4.78 is 0. The van der Waals surface area contributed by atoms with Crippen LogP contribution in [0, 0.1) is 79.8 Å². The predicted molar refractivity (Wildman–Crippen MR) is 249 cm³/mol. The Morgan fingerprint density at radius 2 is 1.51 bits per heavy atom. The number of hydrogen-bond acceptors (Lipinski definition) is 5. The van der Waals surface area contributed by atoms with E-state index in [1.165, 1.54) is 80.3 Å². The van der Waals surface area contributed by atoms with Crippen LogP contribution in [-0.4, -0.2) is 70.9 Å². The Morgan fingerprint density at radius 1 is 0.803 bits per heavy atom. The van der Waals surface area contributed by atoms with E-state index in [0.29, 0.717) is 64.2 Å². The minimum Gasteiger partial charge on any atom is -0.478 e. The highest BCUT2D eigenvalue weighted by Gasteiger charge is 2.73. The molecule has 11 atom stereocenters. The lowest BCUT2D eigenvalue weighted by Crippen LogP contribution is -2.67. The Morgan fingerprint density at radius 3 is 2.16 bits per heavy atom. The van der Waals surface area contributed by atoms with Gasteiger partial charge in [-0.2, -0.15) is 10.2 Å². The summed E-state index contributed by atoms with van der Waals surface area (Å²) in [6.45, 7) is 29.5. The number of piperazine rings is 1. The Bertz CT molecular complexity index is 1990. The number of carbonyl (C=O) groups is 2. The molecule has 2 heterocycles. The van der Waals surface area contributed by atoms with Crippen LogP contribution in [-0.2, 0) is 4.79 Å². The Kier molecular flexibility index (Phi) is 10.8. The molecule has 1 aromatic rings. The van der Waals surface area contributed by atoms with Crippen LogP contribution < -0.4 is 0 Å². The first-order valence-electron chi connectivity index (χ1n) is 25.0. The van der Waals surface area contributed by atoms with Gasteiger partial charge in [-0.15, -0.1) is 0 Å². The van der Waals surface area contributed by atoms with Crippen molar-refractivity contribution in [2.75, 3.05) is 32.7 Å². The summed E-state index contributed by atoms with van der Waals surface area (Å²) in [5.74, 6) is 4.09. The van der Waals surface area contributed by atoms with Gasteiger partial charge in [0, 0.05) is 49.4 Å². The standard InChI is InChI=1S/C54H80N4O3/c1-34(2)46-39(35(3)36(4)55-56-46)12-11-29-57-30-32-58(33-31-57)48(61)54-24-20-41(50(7)25-26-50)45(54)42-17-18-44-51(8)22-19-40(37-13-15-38(16-14-37)47(59)60)49(5,6)43(51)21-23-53(44,10)52(42,9)27-28-54/h13-16,19,34-35,39,41-45H,11-12,17-18,20-33H2,1-10H3,(H,59,60)/t35?,39?,41-,42-,43?,44?,45?,51+,52-,53-,54+/m1/s1. The molecule has 1 amide bonds. The zero-order chi connectivity index (χ0) is 43.5. The molecule has 7 nitrogen and oxygen atoms in total. The molecule has 1 N–H and O–H groups in total. The maximum atomic E-state index is 15.4. The zero-order valence-corrected chi connectivity index (χ0v) is 39.8. The largest absolute Gasteiger partial charge is 0.478 e. The number of allylic oxidation sites excluding steroid dienone is 2. The number of amides is 1. The lowest BCUT2D eigenvalue weighted by atomic mass is 9.32.